The number of amides is 1. The normalized spacial score (nSPS) is 10.2. The second-order valence-electron chi connectivity index (χ2n) is 24.5. The van der Waals surface area contributed by atoms with E-state index in [1.54, 1.807) is 0 Å². The lowest BCUT2D eigenvalue weighted by Gasteiger charge is -2.10. The molecule has 6 heterocycles. The van der Waals surface area contributed by atoms with Crippen molar-refractivity contribution in [3.63, 3.8) is 0 Å². The van der Waals surface area contributed by atoms with Crippen molar-refractivity contribution in [3.05, 3.63) is 353 Å². The molecule has 0 saturated heterocycles. The van der Waals surface area contributed by atoms with Crippen molar-refractivity contribution in [2.45, 2.75) is 100 Å². The predicted molar refractivity (Wildman–Crippen MR) is 417 cm³/mol. The van der Waals surface area contributed by atoms with Gasteiger partial charge < -0.3 is 44.4 Å². The number of fused-ring (bicyclic) bond motifs is 4. The van der Waals surface area contributed by atoms with Crippen LogP contribution in [0.4, 0.5) is 0 Å². The molecule has 0 aliphatic carbocycles. The van der Waals surface area contributed by atoms with E-state index < -0.39 is 0 Å². The first-order chi connectivity index (χ1) is 50.2. The molecule has 0 spiro atoms. The molecule has 0 aliphatic rings. The number of aromatic amines is 3. The zero-order valence-corrected chi connectivity index (χ0v) is 61.8. The minimum absolute atomic E-state index is 0.0648. The molecule has 14 rings (SSSR count). The van der Waals surface area contributed by atoms with Gasteiger partial charge in [0.05, 0.1) is 18.2 Å². The Morgan fingerprint density at radius 2 is 0.865 bits per heavy atom. The average Bonchev–Trinajstić information content (AvgIpc) is 1.62. The molecule has 1 amide bonds. The van der Waals surface area contributed by atoms with Crippen LogP contribution in [0.5, 0.6) is 0 Å². The fourth-order valence-corrected chi connectivity index (χ4v) is 12.7. The third-order valence-corrected chi connectivity index (χ3v) is 18.1. The molecular formula is C86H87BrN8O9. The number of hydrogen-bond donors (Lipinski definition) is 5. The van der Waals surface area contributed by atoms with Gasteiger partial charge in [0.2, 0.25) is 0 Å². The Morgan fingerprint density at radius 3 is 1.34 bits per heavy atom. The van der Waals surface area contributed by atoms with Crippen LogP contribution in [0.1, 0.15) is 105 Å². The molecule has 14 aromatic rings. The Balaban J connectivity index is 0.000000179. The Hall–Kier alpha value is -12.0. The number of aryl methyl sites for hydroxylation is 7. The molecule has 532 valence electrons. The molecule has 6 aromatic heterocycles. The fraction of sp³-hybridized carbons (Fsp3) is 0.186. The number of esters is 1. The van der Waals surface area contributed by atoms with Gasteiger partial charge in [0.15, 0.2) is 0 Å². The first kappa shape index (κ1) is 79.3. The third-order valence-electron chi connectivity index (χ3n) is 17.5. The monoisotopic (exact) mass is 1450 g/mol. The summed E-state index contributed by atoms with van der Waals surface area (Å²) in [5, 5.41) is 8.42. The van der Waals surface area contributed by atoms with Crippen molar-refractivity contribution in [1.82, 2.24) is 34.0 Å². The largest absolute Gasteiger partial charge is 0.465 e. The summed E-state index contributed by atoms with van der Waals surface area (Å²) in [4.78, 5) is 89.2. The zero-order chi connectivity index (χ0) is 75.2. The molecule has 0 atom stereocenters. The van der Waals surface area contributed by atoms with Crippen LogP contribution in [0.25, 0.3) is 43.6 Å². The summed E-state index contributed by atoms with van der Waals surface area (Å²) in [5.41, 5.74) is 26.9. The van der Waals surface area contributed by atoms with Gasteiger partial charge in [0.1, 0.15) is 0 Å². The summed E-state index contributed by atoms with van der Waals surface area (Å²) in [6.45, 7) is 21.0. The van der Waals surface area contributed by atoms with Crippen LogP contribution in [-0.4, -0.2) is 59.9 Å². The topological polar surface area (TPSA) is 246 Å². The van der Waals surface area contributed by atoms with Crippen molar-refractivity contribution in [2.75, 3.05) is 7.11 Å². The molecule has 0 fully saturated rings. The molecular weight excluding hydrogens is 1370 g/mol. The average molecular weight is 1460 g/mol. The number of halogens is 1. The van der Waals surface area contributed by atoms with E-state index in [2.05, 4.69) is 210 Å². The molecule has 18 heteroatoms. The van der Waals surface area contributed by atoms with Crippen molar-refractivity contribution in [2.24, 2.45) is 5.73 Å². The Bertz CT molecular complexity index is 5320. The number of carbonyl (C=O) groups is 2. The van der Waals surface area contributed by atoms with Crippen molar-refractivity contribution in [3.8, 4) is 0 Å². The molecule has 0 aliphatic heterocycles. The highest BCUT2D eigenvalue weighted by Gasteiger charge is 2.21. The molecule has 17 nitrogen and oxygen atoms in total. The van der Waals surface area contributed by atoms with E-state index in [0.29, 0.717) is 35.3 Å². The Kier molecular flexibility index (Phi) is 30.4. The molecule has 0 radical (unpaired) electrons. The number of nitrogens with two attached hydrogens (primary N) is 1. The number of aromatic nitrogens is 6. The van der Waals surface area contributed by atoms with E-state index in [9.17, 15) is 19.2 Å². The predicted octanol–water partition coefficient (Wildman–Crippen LogP) is 16.7. The molecule has 8 aromatic carbocycles. The highest BCUT2D eigenvalue weighted by atomic mass is 79.9. The first-order valence-electron chi connectivity index (χ1n) is 33.6. The standard InChI is InChI=1S/C25H25N3O2.C17H17N.C16H15N.C11H11NO2.C8H12N2O.C7H7Br.2CO2/c1-16-13-17(2)27-24(29)21(16)14-26-25(30)23-18(3)28(15-19-9-5-4-6-10-19)22-12-8-7-11-20(22)23;1-13-14(2)18(12-15-8-4-3-5-9-15)17-11-7-6-10-16(13)17;1-13-11-15-9-5-6-10-16(15)17(13)12-14-7-3-2-4-8-14;1-7-10(11(13)14-2)8-5-3-4-6-9(8)12-7;1-5-3-6(2)10-8(11)7(5)4-9;8-6-7-4-2-1-3-5-7;2*2-1-3/h4-13H,14-15H2,1-3H3,(H,26,30)(H,27,29);3-11H,12H2,1-2H3;2-11H,12H2,1H3;3-6,12H,1-2H3;3H,4,9H2,1-2H3,(H,10,11);1-5H,6H2;;. The van der Waals surface area contributed by atoms with Crippen LogP contribution in [0, 0.1) is 62.3 Å². The molecule has 0 saturated carbocycles. The van der Waals surface area contributed by atoms with Gasteiger partial charge in [-0.15, -0.1) is 0 Å². The second kappa shape index (κ2) is 39.8. The number of rotatable bonds is 12. The van der Waals surface area contributed by atoms with Gasteiger partial charge >= 0.3 is 18.3 Å². The lowest BCUT2D eigenvalue weighted by Crippen LogP contribution is -2.28. The number of para-hydroxylation sites is 4. The maximum Gasteiger partial charge on any atom is 0.373 e. The summed E-state index contributed by atoms with van der Waals surface area (Å²) in [6, 6.07) is 80.6. The summed E-state index contributed by atoms with van der Waals surface area (Å²) in [5.74, 6) is -0.463. The maximum atomic E-state index is 13.2. The SMILES string of the molecule is BrCc1ccccc1.COC(=O)c1c(C)[nH]c2ccccc12.Cc1c(C)n(Cc2ccccc2)c2ccccc12.Cc1cc(C)c(CN)c(=O)[nH]1.Cc1cc(C)c(CNC(=O)c2c(C)n(Cc3ccccc3)c3ccccc23)c(=O)[nH]1.Cc1cc2ccccc2n1Cc1ccccc1.O=C=O.O=C=O. The second-order valence-corrected chi connectivity index (χ2v) is 25.0. The summed E-state index contributed by atoms with van der Waals surface area (Å²) < 4.78 is 11.7. The van der Waals surface area contributed by atoms with Gasteiger partial charge in [-0.05, 0) is 149 Å². The minimum Gasteiger partial charge on any atom is -0.465 e. The van der Waals surface area contributed by atoms with Crippen molar-refractivity contribution in [1.29, 1.82) is 0 Å². The van der Waals surface area contributed by atoms with Gasteiger partial charge in [-0.25, -0.2) is 4.79 Å². The fourth-order valence-electron chi connectivity index (χ4n) is 12.3. The van der Waals surface area contributed by atoms with Crippen molar-refractivity contribution >= 4 is 83.7 Å². The number of H-pyrrole nitrogens is 3. The molecule has 104 heavy (non-hydrogen) atoms. The lowest BCUT2D eigenvalue weighted by molar-refractivity contribution is -0.193. The van der Waals surface area contributed by atoms with Gasteiger partial charge in [-0.2, -0.15) is 19.2 Å². The number of alkyl halides is 1. The van der Waals surface area contributed by atoms with E-state index in [1.165, 1.54) is 68.1 Å². The highest BCUT2D eigenvalue weighted by molar-refractivity contribution is 9.08. The number of nitrogens with zero attached hydrogens (tertiary/aromatic N) is 3. The van der Waals surface area contributed by atoms with Crippen molar-refractivity contribution < 1.29 is 33.5 Å². The third kappa shape index (κ3) is 21.3. The Morgan fingerprint density at radius 1 is 0.462 bits per heavy atom. The number of benzene rings is 8. The van der Waals surface area contributed by atoms with E-state index in [-0.39, 0.29) is 41.8 Å². The van der Waals surface area contributed by atoms with Crippen LogP contribution in [0.3, 0.4) is 0 Å². The smallest absolute Gasteiger partial charge is 0.373 e. The molecule has 0 unspecified atom stereocenters. The Labute approximate surface area is 613 Å². The summed E-state index contributed by atoms with van der Waals surface area (Å²) in [6.07, 6.45) is 0.500. The number of carbonyl (C=O) groups excluding carboxylic acids is 6. The van der Waals surface area contributed by atoms with E-state index in [0.717, 1.165) is 74.1 Å². The van der Waals surface area contributed by atoms with E-state index >= 15 is 0 Å². The van der Waals surface area contributed by atoms with Crippen LogP contribution in [-0.2, 0) is 62.0 Å². The quantitative estimate of drug-likeness (QED) is 0.0572. The lowest BCUT2D eigenvalue weighted by atomic mass is 10.1. The van der Waals surface area contributed by atoms with E-state index in [4.69, 9.17) is 29.6 Å². The van der Waals surface area contributed by atoms with Gasteiger partial charge in [-0.1, -0.05) is 210 Å². The first-order valence-corrected chi connectivity index (χ1v) is 34.7. The summed E-state index contributed by atoms with van der Waals surface area (Å²) in [7, 11) is 1.39. The van der Waals surface area contributed by atoms with Crippen LogP contribution in [0.15, 0.2) is 246 Å². The number of ether oxygens (including phenoxy) is 1. The summed E-state index contributed by atoms with van der Waals surface area (Å²) >= 11 is 3.36. The number of nitrogens with one attached hydrogen (secondary N) is 4. The van der Waals surface area contributed by atoms with E-state index in [1.807, 2.05) is 139 Å². The van der Waals surface area contributed by atoms with Gasteiger partial charge in [-0.3, -0.25) is 14.4 Å². The zero-order valence-electron chi connectivity index (χ0n) is 60.2. The van der Waals surface area contributed by atoms with Crippen LogP contribution >= 0.6 is 15.9 Å². The number of hydrogen-bond acceptors (Lipinski definition) is 10. The minimum atomic E-state index is -0.292. The van der Waals surface area contributed by atoms with Gasteiger partial charge in [0, 0.05) is 122 Å². The number of pyridine rings is 2. The van der Waals surface area contributed by atoms with Gasteiger partial charge in [0.25, 0.3) is 17.0 Å². The number of methoxy groups -OCH3 is 1. The highest BCUT2D eigenvalue weighted by Crippen LogP contribution is 2.29. The maximum absolute atomic E-state index is 13.2. The van der Waals surface area contributed by atoms with Crippen LogP contribution < -0.4 is 22.2 Å². The molecule has 6 N–H and O–H groups in total. The molecule has 0 bridgehead atoms. The van der Waals surface area contributed by atoms with Crippen LogP contribution in [0.2, 0.25) is 0 Å².